The predicted octanol–water partition coefficient (Wildman–Crippen LogP) is 3.97. The second-order valence-corrected chi connectivity index (χ2v) is 9.19. The molecular weight excluding hydrogens is 414 g/mol. The third kappa shape index (κ3) is 4.14. The zero-order valence-corrected chi connectivity index (χ0v) is 17.4. The highest BCUT2D eigenvalue weighted by Crippen LogP contribution is 2.31. The summed E-state index contributed by atoms with van der Waals surface area (Å²) in [6.07, 6.45) is 1.25. The first-order chi connectivity index (χ1) is 14.0. The van der Waals surface area contributed by atoms with Crippen LogP contribution in [0.1, 0.15) is 24.7 Å². The minimum Gasteiger partial charge on any atom is -0.497 e. The first-order valence-corrected chi connectivity index (χ1v) is 11.0. The van der Waals surface area contributed by atoms with Crippen LogP contribution < -0.4 is 4.74 Å². The van der Waals surface area contributed by atoms with Crippen molar-refractivity contribution < 1.29 is 17.7 Å². The van der Waals surface area contributed by atoms with Gasteiger partial charge in [0.05, 0.1) is 12.0 Å². The fourth-order valence-corrected chi connectivity index (χ4v) is 4.95. The molecule has 0 N–H and O–H groups in total. The van der Waals surface area contributed by atoms with Gasteiger partial charge in [-0.3, -0.25) is 0 Å². The number of sulfonamides is 1. The summed E-state index contributed by atoms with van der Waals surface area (Å²) in [5, 5.41) is 4.69. The van der Waals surface area contributed by atoms with Crippen LogP contribution in [0.5, 0.6) is 5.75 Å². The number of hydrogen-bond donors (Lipinski definition) is 0. The lowest BCUT2D eigenvalue weighted by Gasteiger charge is -2.29. The zero-order valence-electron chi connectivity index (χ0n) is 15.8. The Labute approximate surface area is 174 Å². The van der Waals surface area contributed by atoms with Gasteiger partial charge in [0.1, 0.15) is 5.75 Å². The lowest BCUT2D eigenvalue weighted by molar-refractivity contribution is 0.271. The average molecular weight is 434 g/mol. The van der Waals surface area contributed by atoms with E-state index >= 15 is 0 Å². The van der Waals surface area contributed by atoms with Gasteiger partial charge in [-0.1, -0.05) is 16.8 Å². The Kier molecular flexibility index (Phi) is 5.58. The van der Waals surface area contributed by atoms with Gasteiger partial charge in [0, 0.05) is 29.6 Å². The molecule has 1 aliphatic heterocycles. The maximum absolute atomic E-state index is 12.9. The Hall–Kier alpha value is -2.42. The van der Waals surface area contributed by atoms with Crippen molar-refractivity contribution in [2.75, 3.05) is 20.2 Å². The largest absolute Gasteiger partial charge is 0.497 e. The van der Waals surface area contributed by atoms with Crippen molar-refractivity contribution in [3.63, 3.8) is 0 Å². The molecule has 3 aromatic rings. The minimum absolute atomic E-state index is 0.0332. The Morgan fingerprint density at radius 1 is 1.07 bits per heavy atom. The van der Waals surface area contributed by atoms with E-state index in [0.29, 0.717) is 48.4 Å². The van der Waals surface area contributed by atoms with Crippen molar-refractivity contribution in [3.05, 3.63) is 59.4 Å². The van der Waals surface area contributed by atoms with Crippen molar-refractivity contribution in [1.29, 1.82) is 0 Å². The van der Waals surface area contributed by atoms with E-state index in [2.05, 4.69) is 10.1 Å². The van der Waals surface area contributed by atoms with Gasteiger partial charge in [0.15, 0.2) is 0 Å². The van der Waals surface area contributed by atoms with E-state index in [-0.39, 0.29) is 10.8 Å². The van der Waals surface area contributed by atoms with Crippen LogP contribution in [0, 0.1) is 0 Å². The maximum Gasteiger partial charge on any atom is 0.243 e. The summed E-state index contributed by atoms with van der Waals surface area (Å²) in [6.45, 7) is 0.801. The molecule has 1 fully saturated rings. The van der Waals surface area contributed by atoms with Gasteiger partial charge in [-0.05, 0) is 61.4 Å². The Bertz CT molecular complexity index is 1070. The lowest BCUT2D eigenvalue weighted by Crippen LogP contribution is -2.37. The van der Waals surface area contributed by atoms with E-state index in [1.54, 1.807) is 43.5 Å². The van der Waals surface area contributed by atoms with Crippen molar-refractivity contribution in [2.24, 2.45) is 0 Å². The molecule has 2 aromatic carbocycles. The topological polar surface area (TPSA) is 85.5 Å². The molecule has 29 heavy (non-hydrogen) atoms. The predicted molar refractivity (Wildman–Crippen MR) is 108 cm³/mol. The molecule has 0 aliphatic carbocycles. The van der Waals surface area contributed by atoms with E-state index in [1.165, 1.54) is 4.31 Å². The molecule has 0 spiro atoms. The summed E-state index contributed by atoms with van der Waals surface area (Å²) in [5.74, 6) is 1.70. The number of aromatic nitrogens is 2. The third-order valence-corrected chi connectivity index (χ3v) is 7.21. The number of rotatable bonds is 5. The summed E-state index contributed by atoms with van der Waals surface area (Å²) < 4.78 is 37.8. The fraction of sp³-hybridized carbons (Fsp3) is 0.300. The van der Waals surface area contributed by atoms with Crippen LogP contribution in [0.3, 0.4) is 0 Å². The molecule has 2 heterocycles. The number of benzene rings is 2. The summed E-state index contributed by atoms with van der Waals surface area (Å²) in [5.41, 5.74) is 0.823. The number of ether oxygens (including phenoxy) is 1. The first-order valence-electron chi connectivity index (χ1n) is 9.21. The van der Waals surface area contributed by atoms with E-state index in [4.69, 9.17) is 20.9 Å². The molecule has 0 amide bonds. The molecular formula is C20H20ClN3O4S. The van der Waals surface area contributed by atoms with Gasteiger partial charge in [0.25, 0.3) is 0 Å². The monoisotopic (exact) mass is 433 g/mol. The quantitative estimate of drug-likeness (QED) is 0.605. The van der Waals surface area contributed by atoms with Crippen LogP contribution >= 0.6 is 11.6 Å². The van der Waals surface area contributed by atoms with Crippen molar-refractivity contribution in [1.82, 2.24) is 14.4 Å². The summed E-state index contributed by atoms with van der Waals surface area (Å²) >= 11 is 5.91. The van der Waals surface area contributed by atoms with Crippen LogP contribution in [-0.2, 0) is 10.0 Å². The summed E-state index contributed by atoms with van der Waals surface area (Å²) in [6, 6.07) is 13.6. The van der Waals surface area contributed by atoms with Crippen molar-refractivity contribution in [2.45, 2.75) is 23.7 Å². The smallest absolute Gasteiger partial charge is 0.243 e. The minimum atomic E-state index is -3.54. The molecule has 4 rings (SSSR count). The summed E-state index contributed by atoms with van der Waals surface area (Å²) in [4.78, 5) is 4.76. The first kappa shape index (κ1) is 19.9. The van der Waals surface area contributed by atoms with Crippen LogP contribution in [0.4, 0.5) is 0 Å². The molecule has 0 atom stereocenters. The molecule has 1 saturated heterocycles. The number of halogens is 1. The van der Waals surface area contributed by atoms with Gasteiger partial charge in [-0.15, -0.1) is 0 Å². The van der Waals surface area contributed by atoms with Crippen LogP contribution in [-0.4, -0.2) is 43.1 Å². The molecule has 7 nitrogen and oxygen atoms in total. The van der Waals surface area contributed by atoms with Gasteiger partial charge in [-0.25, -0.2) is 8.42 Å². The highest BCUT2D eigenvalue weighted by Gasteiger charge is 2.32. The molecule has 0 radical (unpaired) electrons. The molecule has 1 aliphatic rings. The number of nitrogens with zero attached hydrogens (tertiary/aromatic N) is 3. The van der Waals surface area contributed by atoms with E-state index in [0.717, 1.165) is 5.56 Å². The average Bonchev–Trinajstić information content (AvgIpc) is 3.24. The van der Waals surface area contributed by atoms with Gasteiger partial charge in [0.2, 0.25) is 21.7 Å². The number of hydrogen-bond acceptors (Lipinski definition) is 6. The number of piperidine rings is 1. The molecule has 0 unspecified atom stereocenters. The van der Waals surface area contributed by atoms with Gasteiger partial charge in [-0.2, -0.15) is 9.29 Å². The van der Waals surface area contributed by atoms with Crippen molar-refractivity contribution >= 4 is 21.6 Å². The third-order valence-electron chi connectivity index (χ3n) is 5.04. The normalized spacial score (nSPS) is 16.1. The standard InChI is InChI=1S/C20H20ClN3O4S/c1-27-17-6-8-18(9-7-17)29(25,26)24-12-10-15(11-13-24)20-22-19(23-28-20)14-2-4-16(21)5-3-14/h2-9,15H,10-13H2,1H3. The number of methoxy groups -OCH3 is 1. The molecule has 9 heteroatoms. The van der Waals surface area contributed by atoms with Gasteiger partial charge >= 0.3 is 0 Å². The van der Waals surface area contributed by atoms with Crippen LogP contribution in [0.25, 0.3) is 11.4 Å². The Balaban J connectivity index is 1.43. The second-order valence-electron chi connectivity index (χ2n) is 6.82. The molecule has 1 aromatic heterocycles. The molecule has 152 valence electrons. The maximum atomic E-state index is 12.9. The summed E-state index contributed by atoms with van der Waals surface area (Å²) in [7, 11) is -1.99. The zero-order chi connectivity index (χ0) is 20.4. The Morgan fingerprint density at radius 3 is 2.34 bits per heavy atom. The highest BCUT2D eigenvalue weighted by atomic mass is 35.5. The second kappa shape index (κ2) is 8.14. The van der Waals surface area contributed by atoms with E-state index in [9.17, 15) is 8.42 Å². The van der Waals surface area contributed by atoms with Crippen LogP contribution in [0.2, 0.25) is 5.02 Å². The lowest BCUT2D eigenvalue weighted by atomic mass is 9.98. The van der Waals surface area contributed by atoms with Crippen molar-refractivity contribution in [3.8, 4) is 17.1 Å². The van der Waals surface area contributed by atoms with E-state index in [1.807, 2.05) is 12.1 Å². The molecule has 0 bridgehead atoms. The van der Waals surface area contributed by atoms with Crippen LogP contribution in [0.15, 0.2) is 57.9 Å². The fourth-order valence-electron chi connectivity index (χ4n) is 3.36. The Morgan fingerprint density at radius 2 is 1.72 bits per heavy atom. The molecule has 0 saturated carbocycles. The van der Waals surface area contributed by atoms with Gasteiger partial charge < -0.3 is 9.26 Å². The SMILES string of the molecule is COc1ccc(S(=O)(=O)N2CCC(c3nc(-c4ccc(Cl)cc4)no3)CC2)cc1. The highest BCUT2D eigenvalue weighted by molar-refractivity contribution is 7.89. The van der Waals surface area contributed by atoms with E-state index < -0.39 is 10.0 Å².